The zero-order chi connectivity index (χ0) is 19.5. The maximum Gasteiger partial charge on any atom is 0.127 e. The fourth-order valence-electron chi connectivity index (χ4n) is 4.61. The minimum atomic E-state index is 0.321. The van der Waals surface area contributed by atoms with E-state index in [1.807, 2.05) is 19.3 Å². The third-order valence-corrected chi connectivity index (χ3v) is 6.09. The zero-order valence-corrected chi connectivity index (χ0v) is 17.2. The molecule has 5 nitrogen and oxygen atoms in total. The normalized spacial score (nSPS) is 20.7. The zero-order valence-electron chi connectivity index (χ0n) is 17.2. The summed E-state index contributed by atoms with van der Waals surface area (Å²) in [4.78, 5) is 12.3. The molecule has 1 fully saturated rings. The van der Waals surface area contributed by atoms with E-state index in [1.54, 1.807) is 0 Å². The number of piperidine rings is 1. The Morgan fingerprint density at radius 3 is 2.75 bits per heavy atom. The Balaban J connectivity index is 1.70. The number of para-hydroxylation sites is 2. The van der Waals surface area contributed by atoms with Gasteiger partial charge < -0.3 is 9.88 Å². The van der Waals surface area contributed by atoms with E-state index >= 15 is 0 Å². The summed E-state index contributed by atoms with van der Waals surface area (Å²) < 4.78 is 2.45. The predicted molar refractivity (Wildman–Crippen MR) is 114 cm³/mol. The van der Waals surface area contributed by atoms with E-state index in [4.69, 9.17) is 9.97 Å². The van der Waals surface area contributed by atoms with Crippen molar-refractivity contribution in [2.45, 2.75) is 51.2 Å². The lowest BCUT2D eigenvalue weighted by Gasteiger charge is -2.39. The minimum Gasteiger partial charge on any atom is -0.327 e. The minimum absolute atomic E-state index is 0.321. The third kappa shape index (κ3) is 3.56. The van der Waals surface area contributed by atoms with Crippen molar-refractivity contribution in [2.24, 2.45) is 0 Å². The summed E-state index contributed by atoms with van der Waals surface area (Å²) >= 11 is 0. The molecule has 4 rings (SSSR count). The predicted octanol–water partition coefficient (Wildman–Crippen LogP) is 4.25. The van der Waals surface area contributed by atoms with E-state index in [1.165, 1.54) is 29.0 Å². The lowest BCUT2D eigenvalue weighted by atomic mass is 9.92. The SMILES string of the molecule is CNCCCn1c([C@H]2CCC[C@@H](c3ncccc3C)N2C)nc2ccccc21. The standard InChI is InChI=1S/C23H31N5/c1-17-9-7-15-25-22(17)20-12-6-13-21(27(20)3)23-26-18-10-4-5-11-19(18)28(23)16-8-14-24-2/h4-5,7,9-11,15,20-21,24H,6,8,12-14,16H2,1-3H3/t20-,21+/m0/s1. The fraction of sp³-hybridized carbons (Fsp3) is 0.478. The summed E-state index contributed by atoms with van der Waals surface area (Å²) in [6.07, 6.45) is 6.53. The number of aryl methyl sites for hydroxylation is 2. The van der Waals surface area contributed by atoms with Crippen LogP contribution >= 0.6 is 0 Å². The molecule has 0 radical (unpaired) electrons. The Labute approximate surface area is 167 Å². The van der Waals surface area contributed by atoms with Crippen LogP contribution in [0.4, 0.5) is 0 Å². The summed E-state index contributed by atoms with van der Waals surface area (Å²) in [7, 11) is 4.27. The number of benzene rings is 1. The largest absolute Gasteiger partial charge is 0.327 e. The van der Waals surface area contributed by atoms with Gasteiger partial charge in [-0.2, -0.15) is 0 Å². The lowest BCUT2D eigenvalue weighted by molar-refractivity contribution is 0.104. The molecule has 0 saturated carbocycles. The highest BCUT2D eigenvalue weighted by Gasteiger charge is 2.34. The number of nitrogens with zero attached hydrogens (tertiary/aromatic N) is 4. The molecule has 3 heterocycles. The Hall–Kier alpha value is -2.24. The number of aromatic nitrogens is 3. The second-order valence-electron chi connectivity index (χ2n) is 7.90. The highest BCUT2D eigenvalue weighted by atomic mass is 15.2. The second-order valence-corrected chi connectivity index (χ2v) is 7.90. The number of rotatable bonds is 6. The van der Waals surface area contributed by atoms with Gasteiger partial charge in [0.25, 0.3) is 0 Å². The van der Waals surface area contributed by atoms with E-state index in [0.717, 1.165) is 37.9 Å². The summed E-state index contributed by atoms with van der Waals surface area (Å²) in [5, 5.41) is 3.27. The van der Waals surface area contributed by atoms with Crippen molar-refractivity contribution in [3.05, 3.63) is 59.7 Å². The van der Waals surface area contributed by atoms with Crippen LogP contribution in [0, 0.1) is 6.92 Å². The van der Waals surface area contributed by atoms with Gasteiger partial charge >= 0.3 is 0 Å². The lowest BCUT2D eigenvalue weighted by Crippen LogP contribution is -2.35. The summed E-state index contributed by atoms with van der Waals surface area (Å²) in [5.74, 6) is 1.21. The quantitative estimate of drug-likeness (QED) is 0.653. The Morgan fingerprint density at radius 1 is 1.11 bits per heavy atom. The number of imidazole rings is 1. The molecule has 148 valence electrons. The third-order valence-electron chi connectivity index (χ3n) is 6.09. The molecule has 28 heavy (non-hydrogen) atoms. The molecule has 1 aliphatic heterocycles. The maximum absolute atomic E-state index is 5.10. The molecule has 0 bridgehead atoms. The fourth-order valence-corrected chi connectivity index (χ4v) is 4.61. The Bertz CT molecular complexity index is 932. The number of nitrogens with one attached hydrogen (secondary N) is 1. The van der Waals surface area contributed by atoms with Crippen LogP contribution in [0.2, 0.25) is 0 Å². The first kappa shape index (κ1) is 19.1. The Kier molecular flexibility index (Phi) is 5.74. The number of pyridine rings is 1. The molecule has 0 amide bonds. The molecular weight excluding hydrogens is 346 g/mol. The van der Waals surface area contributed by atoms with Crippen LogP contribution in [0.5, 0.6) is 0 Å². The van der Waals surface area contributed by atoms with Crippen LogP contribution in [0.3, 0.4) is 0 Å². The van der Waals surface area contributed by atoms with Crippen molar-refractivity contribution in [1.29, 1.82) is 0 Å². The van der Waals surface area contributed by atoms with Crippen LogP contribution in [0.15, 0.2) is 42.6 Å². The average Bonchev–Trinajstić information content (AvgIpc) is 3.08. The van der Waals surface area contributed by atoms with Gasteiger partial charge in [-0.15, -0.1) is 0 Å². The van der Waals surface area contributed by atoms with Crippen molar-refractivity contribution >= 4 is 11.0 Å². The summed E-state index contributed by atoms with van der Waals surface area (Å²) in [6.45, 7) is 4.18. The molecule has 1 aromatic carbocycles. The molecule has 0 spiro atoms. The first-order chi connectivity index (χ1) is 13.7. The van der Waals surface area contributed by atoms with E-state index in [9.17, 15) is 0 Å². The first-order valence-corrected chi connectivity index (χ1v) is 10.4. The van der Waals surface area contributed by atoms with Crippen LogP contribution in [0.25, 0.3) is 11.0 Å². The topological polar surface area (TPSA) is 46.0 Å². The van der Waals surface area contributed by atoms with E-state index in [2.05, 4.69) is 59.1 Å². The molecule has 2 atom stereocenters. The van der Waals surface area contributed by atoms with Crippen LogP contribution in [0.1, 0.15) is 54.8 Å². The van der Waals surface area contributed by atoms with Crippen LogP contribution in [-0.2, 0) is 6.54 Å². The average molecular weight is 378 g/mol. The molecule has 0 aliphatic carbocycles. The number of fused-ring (bicyclic) bond motifs is 1. The van der Waals surface area contributed by atoms with E-state index in [0.29, 0.717) is 12.1 Å². The van der Waals surface area contributed by atoms with Gasteiger partial charge in [-0.25, -0.2) is 4.98 Å². The van der Waals surface area contributed by atoms with Gasteiger partial charge in [-0.05, 0) is 77.0 Å². The van der Waals surface area contributed by atoms with Crippen molar-refractivity contribution < 1.29 is 0 Å². The van der Waals surface area contributed by atoms with Crippen LogP contribution in [-0.4, -0.2) is 40.1 Å². The van der Waals surface area contributed by atoms with E-state index in [-0.39, 0.29) is 0 Å². The number of hydrogen-bond acceptors (Lipinski definition) is 4. The molecule has 1 aliphatic rings. The molecule has 2 aromatic heterocycles. The molecule has 1 N–H and O–H groups in total. The molecule has 1 saturated heterocycles. The smallest absolute Gasteiger partial charge is 0.127 e. The first-order valence-electron chi connectivity index (χ1n) is 10.4. The molecule has 0 unspecified atom stereocenters. The monoisotopic (exact) mass is 377 g/mol. The number of likely N-dealkylation sites (tertiary alicyclic amines) is 1. The number of hydrogen-bond donors (Lipinski definition) is 1. The van der Waals surface area contributed by atoms with Crippen molar-refractivity contribution in [3.63, 3.8) is 0 Å². The molecule has 3 aromatic rings. The van der Waals surface area contributed by atoms with Crippen molar-refractivity contribution in [1.82, 2.24) is 24.8 Å². The van der Waals surface area contributed by atoms with Gasteiger partial charge in [0.1, 0.15) is 5.82 Å². The summed E-state index contributed by atoms with van der Waals surface area (Å²) in [5.41, 5.74) is 4.85. The van der Waals surface area contributed by atoms with Crippen molar-refractivity contribution in [2.75, 3.05) is 20.6 Å². The van der Waals surface area contributed by atoms with Gasteiger partial charge in [0.05, 0.1) is 28.8 Å². The highest BCUT2D eigenvalue weighted by Crippen LogP contribution is 2.40. The van der Waals surface area contributed by atoms with E-state index < -0.39 is 0 Å². The van der Waals surface area contributed by atoms with Gasteiger partial charge in [0, 0.05) is 12.7 Å². The summed E-state index contributed by atoms with van der Waals surface area (Å²) in [6, 6.07) is 13.4. The van der Waals surface area contributed by atoms with Gasteiger partial charge in [0.15, 0.2) is 0 Å². The van der Waals surface area contributed by atoms with Crippen LogP contribution < -0.4 is 5.32 Å². The van der Waals surface area contributed by atoms with Gasteiger partial charge in [-0.3, -0.25) is 9.88 Å². The highest BCUT2D eigenvalue weighted by molar-refractivity contribution is 5.76. The maximum atomic E-state index is 5.10. The molecular formula is C23H31N5. The van der Waals surface area contributed by atoms with Gasteiger partial charge in [-0.1, -0.05) is 18.2 Å². The Morgan fingerprint density at radius 2 is 1.93 bits per heavy atom. The van der Waals surface area contributed by atoms with Crippen molar-refractivity contribution in [3.8, 4) is 0 Å². The second kappa shape index (κ2) is 8.41. The van der Waals surface area contributed by atoms with Gasteiger partial charge in [0.2, 0.25) is 0 Å². The molecule has 5 heteroatoms.